The van der Waals surface area contributed by atoms with Gasteiger partial charge in [-0.15, -0.1) is 11.3 Å². The Balaban J connectivity index is 1.46. The fraction of sp³-hybridized carbons (Fsp3) is 0. The Hall–Kier alpha value is -4.20. The summed E-state index contributed by atoms with van der Waals surface area (Å²) in [5, 5.41) is 16.3. The van der Waals surface area contributed by atoms with E-state index in [2.05, 4.69) is 10.5 Å². The van der Waals surface area contributed by atoms with Crippen LogP contribution in [0.15, 0.2) is 90.0 Å². The van der Waals surface area contributed by atoms with Gasteiger partial charge in [0.05, 0.1) is 11.2 Å². The van der Waals surface area contributed by atoms with Crippen LogP contribution in [0.1, 0.15) is 25.6 Å². The molecule has 1 aromatic heterocycles. The summed E-state index contributed by atoms with van der Waals surface area (Å²) in [6.45, 7) is 0. The van der Waals surface area contributed by atoms with E-state index in [-0.39, 0.29) is 11.5 Å². The van der Waals surface area contributed by atoms with Gasteiger partial charge < -0.3 is 9.84 Å². The maximum atomic E-state index is 13.1. The Bertz CT molecular complexity index is 1610. The number of rotatable bonds is 5. The van der Waals surface area contributed by atoms with Crippen LogP contribution in [-0.4, -0.2) is 23.2 Å². The second-order valence-electron chi connectivity index (χ2n) is 7.58. The number of ether oxygens (including phenoxy) is 1. The number of amides is 1. The normalized spacial score (nSPS) is 11.2. The topological polar surface area (TPSA) is 88.0 Å². The zero-order chi connectivity index (χ0) is 24.4. The Morgan fingerprint density at radius 3 is 2.40 bits per heavy atom. The van der Waals surface area contributed by atoms with Crippen LogP contribution in [0.4, 0.5) is 0 Å². The van der Waals surface area contributed by atoms with Crippen molar-refractivity contribution in [2.45, 2.75) is 0 Å². The summed E-state index contributed by atoms with van der Waals surface area (Å²) in [5.41, 5.74) is 3.32. The maximum absolute atomic E-state index is 13.1. The number of nitrogens with zero attached hydrogens (tertiary/aromatic N) is 1. The molecule has 5 aromatic rings. The SMILES string of the molecule is O=C(N/N=C\c1c(OC(=O)c2sc3ccccc3c2Cl)ccc2ccccc12)c1ccc(O)cc1. The largest absolute Gasteiger partial charge is 0.508 e. The number of fused-ring (bicyclic) bond motifs is 2. The average Bonchev–Trinajstić information content (AvgIpc) is 3.22. The Morgan fingerprint density at radius 2 is 1.63 bits per heavy atom. The zero-order valence-corrected chi connectivity index (χ0v) is 19.6. The molecule has 6 nitrogen and oxygen atoms in total. The second-order valence-corrected chi connectivity index (χ2v) is 9.01. The first kappa shape index (κ1) is 22.6. The number of carbonyl (C=O) groups excluding carboxylic acids is 2. The number of hydrogen-bond donors (Lipinski definition) is 2. The predicted molar refractivity (Wildman–Crippen MR) is 139 cm³/mol. The minimum atomic E-state index is -0.575. The second kappa shape index (κ2) is 9.58. The summed E-state index contributed by atoms with van der Waals surface area (Å²) < 4.78 is 6.65. The van der Waals surface area contributed by atoms with Gasteiger partial charge in [0, 0.05) is 21.2 Å². The molecule has 0 saturated carbocycles. The molecule has 0 atom stereocenters. The van der Waals surface area contributed by atoms with Crippen molar-refractivity contribution >= 4 is 61.9 Å². The van der Waals surface area contributed by atoms with Crippen molar-refractivity contribution < 1.29 is 19.4 Å². The number of phenolic OH excluding ortho intramolecular Hbond substituents is 1. The van der Waals surface area contributed by atoms with Gasteiger partial charge in [0.25, 0.3) is 5.91 Å². The number of benzene rings is 4. The van der Waals surface area contributed by atoms with E-state index in [1.165, 1.54) is 41.8 Å². The third kappa shape index (κ3) is 4.59. The first-order valence-electron chi connectivity index (χ1n) is 10.5. The summed E-state index contributed by atoms with van der Waals surface area (Å²) >= 11 is 7.73. The van der Waals surface area contributed by atoms with E-state index in [0.717, 1.165) is 20.9 Å². The molecule has 0 bridgehead atoms. The van der Waals surface area contributed by atoms with Crippen LogP contribution in [0.3, 0.4) is 0 Å². The molecule has 0 fully saturated rings. The van der Waals surface area contributed by atoms with Crippen LogP contribution in [0.5, 0.6) is 11.5 Å². The molecule has 1 amide bonds. The number of nitrogens with one attached hydrogen (secondary N) is 1. The molecule has 0 spiro atoms. The van der Waals surface area contributed by atoms with E-state index in [0.29, 0.717) is 21.0 Å². The molecule has 0 aliphatic heterocycles. The molecule has 35 heavy (non-hydrogen) atoms. The maximum Gasteiger partial charge on any atom is 0.355 e. The van der Waals surface area contributed by atoms with Crippen molar-refractivity contribution in [2.24, 2.45) is 5.10 Å². The van der Waals surface area contributed by atoms with Crippen molar-refractivity contribution in [3.8, 4) is 11.5 Å². The van der Waals surface area contributed by atoms with Gasteiger partial charge in [-0.05, 0) is 47.2 Å². The van der Waals surface area contributed by atoms with Crippen LogP contribution in [0.25, 0.3) is 20.9 Å². The number of halogens is 1. The van der Waals surface area contributed by atoms with E-state index in [1.807, 2.05) is 54.6 Å². The molecule has 2 N–H and O–H groups in total. The smallest absolute Gasteiger partial charge is 0.355 e. The summed E-state index contributed by atoms with van der Waals surface area (Å²) in [5.74, 6) is -0.679. The Labute approximate surface area is 209 Å². The molecule has 4 aromatic carbocycles. The van der Waals surface area contributed by atoms with Gasteiger partial charge in [-0.2, -0.15) is 5.10 Å². The highest BCUT2D eigenvalue weighted by Gasteiger charge is 2.20. The van der Waals surface area contributed by atoms with Gasteiger partial charge in [-0.3, -0.25) is 4.79 Å². The van der Waals surface area contributed by atoms with E-state index < -0.39 is 11.9 Å². The van der Waals surface area contributed by atoms with Crippen molar-refractivity contribution in [3.63, 3.8) is 0 Å². The molecule has 172 valence electrons. The number of esters is 1. The summed E-state index contributed by atoms with van der Waals surface area (Å²) in [4.78, 5) is 25.7. The Kier molecular flexibility index (Phi) is 6.18. The molecule has 0 saturated heterocycles. The minimum Gasteiger partial charge on any atom is -0.508 e. The van der Waals surface area contributed by atoms with Crippen LogP contribution < -0.4 is 10.2 Å². The van der Waals surface area contributed by atoms with Gasteiger partial charge in [0.15, 0.2) is 0 Å². The van der Waals surface area contributed by atoms with Crippen LogP contribution in [-0.2, 0) is 0 Å². The van der Waals surface area contributed by atoms with Crippen molar-refractivity contribution in [3.05, 3.63) is 106 Å². The van der Waals surface area contributed by atoms with Gasteiger partial charge in [-0.1, -0.05) is 60.1 Å². The standard InChI is InChI=1S/C27H17ClN2O4S/c28-24-20-7-3-4-8-23(20)35-25(24)27(33)34-22-14-11-16-5-1-2-6-19(16)21(22)15-29-30-26(32)17-9-12-18(31)13-10-17/h1-15,31H,(H,30,32)/b29-15-. The molecule has 0 unspecified atom stereocenters. The lowest BCUT2D eigenvalue weighted by Gasteiger charge is -2.10. The molecule has 1 heterocycles. The van der Waals surface area contributed by atoms with Gasteiger partial charge in [0.1, 0.15) is 16.4 Å². The van der Waals surface area contributed by atoms with Crippen molar-refractivity contribution in [1.82, 2.24) is 5.43 Å². The number of thiophene rings is 1. The zero-order valence-electron chi connectivity index (χ0n) is 18.1. The number of phenols is 1. The lowest BCUT2D eigenvalue weighted by Crippen LogP contribution is -2.17. The van der Waals surface area contributed by atoms with E-state index >= 15 is 0 Å². The van der Waals surface area contributed by atoms with Crippen LogP contribution in [0.2, 0.25) is 5.02 Å². The quantitative estimate of drug-likeness (QED) is 0.126. The highest BCUT2D eigenvalue weighted by molar-refractivity contribution is 7.21. The first-order chi connectivity index (χ1) is 17.0. The number of hydrazone groups is 1. The van der Waals surface area contributed by atoms with E-state index in [9.17, 15) is 14.7 Å². The third-order valence-corrected chi connectivity index (χ3v) is 7.00. The summed E-state index contributed by atoms with van der Waals surface area (Å²) in [7, 11) is 0. The van der Waals surface area contributed by atoms with Crippen molar-refractivity contribution in [2.75, 3.05) is 0 Å². The summed E-state index contributed by atoms with van der Waals surface area (Å²) in [6.07, 6.45) is 1.44. The van der Waals surface area contributed by atoms with E-state index in [4.69, 9.17) is 16.3 Å². The summed E-state index contributed by atoms with van der Waals surface area (Å²) in [6, 6.07) is 24.4. The van der Waals surface area contributed by atoms with Crippen LogP contribution >= 0.6 is 22.9 Å². The minimum absolute atomic E-state index is 0.0611. The van der Waals surface area contributed by atoms with Gasteiger partial charge >= 0.3 is 5.97 Å². The van der Waals surface area contributed by atoms with Crippen LogP contribution in [0, 0.1) is 0 Å². The monoisotopic (exact) mass is 500 g/mol. The highest BCUT2D eigenvalue weighted by atomic mass is 35.5. The van der Waals surface area contributed by atoms with Crippen molar-refractivity contribution in [1.29, 1.82) is 0 Å². The average molecular weight is 501 g/mol. The first-order valence-corrected chi connectivity index (χ1v) is 11.7. The lowest BCUT2D eigenvalue weighted by atomic mass is 10.0. The number of carbonyl (C=O) groups is 2. The van der Waals surface area contributed by atoms with Gasteiger partial charge in [0.2, 0.25) is 0 Å². The molecular formula is C27H17ClN2O4S. The molecule has 0 aliphatic carbocycles. The molecule has 0 radical (unpaired) electrons. The number of hydrogen-bond acceptors (Lipinski definition) is 6. The van der Waals surface area contributed by atoms with Gasteiger partial charge in [-0.25, -0.2) is 10.2 Å². The fourth-order valence-electron chi connectivity index (χ4n) is 3.62. The number of aromatic hydroxyl groups is 1. The fourth-order valence-corrected chi connectivity index (χ4v) is 5.01. The van der Waals surface area contributed by atoms with E-state index in [1.54, 1.807) is 6.07 Å². The lowest BCUT2D eigenvalue weighted by molar-refractivity contribution is 0.0739. The Morgan fingerprint density at radius 1 is 0.914 bits per heavy atom. The molecular weight excluding hydrogens is 484 g/mol. The molecule has 8 heteroatoms. The molecule has 5 rings (SSSR count). The third-order valence-electron chi connectivity index (χ3n) is 5.34. The molecule has 0 aliphatic rings. The predicted octanol–water partition coefficient (Wildman–Crippen LogP) is 6.40. The highest BCUT2D eigenvalue weighted by Crippen LogP contribution is 2.36.